The van der Waals surface area contributed by atoms with Gasteiger partial charge in [-0.25, -0.2) is 0 Å². The summed E-state index contributed by atoms with van der Waals surface area (Å²) in [6, 6.07) is 40.0. The van der Waals surface area contributed by atoms with Gasteiger partial charge >= 0.3 is 290 Å². The van der Waals surface area contributed by atoms with E-state index < -0.39 is 21.3 Å². The first-order valence-electron chi connectivity index (χ1n) is 16.6. The Morgan fingerprint density at radius 3 is 1.58 bits per heavy atom. The molecule has 0 radical (unpaired) electrons. The van der Waals surface area contributed by atoms with Crippen LogP contribution in [0.3, 0.4) is 0 Å². The Kier molecular flexibility index (Phi) is 10.9. The second-order valence-corrected chi connectivity index (χ2v) is 21.8. The van der Waals surface area contributed by atoms with Crippen LogP contribution < -0.4 is 24.8 Å². The third-order valence-electron chi connectivity index (χ3n) is 9.85. The minimum absolute atomic E-state index is 0. The molecule has 244 valence electrons. The summed E-state index contributed by atoms with van der Waals surface area (Å²) in [5.74, 6) is 0.405. The number of fused-ring (bicyclic) bond motifs is 3. The standard InChI is InChI=1S/C21H25.C13H10.C10H9S.2ClH.Zr/c1-20(2,3)16-9-7-14-11-15-8-10-17(21(4,5)6)13-19(15)18(14)12-16;1-3-7-12(8-4-1)11-13-9-5-2-6-10-13;1-8-2-3-9(6-8)10-4-5-11-7-10;;;/h7-13H,1-6H3;1-10H;2-5,7-8H,1H3;2*1H;/q;;;;;+2/p-2. The van der Waals surface area contributed by atoms with Crippen LogP contribution in [0.1, 0.15) is 91.0 Å². The third kappa shape index (κ3) is 6.76. The summed E-state index contributed by atoms with van der Waals surface area (Å²) in [5, 5.41) is 4.59. The van der Waals surface area contributed by atoms with E-state index in [1.807, 2.05) is 0 Å². The Balaban J connectivity index is 0.00000225. The largest absolute Gasteiger partial charge is 1.00 e. The van der Waals surface area contributed by atoms with Gasteiger partial charge in [0.25, 0.3) is 0 Å². The predicted octanol–water partition coefficient (Wildman–Crippen LogP) is 5.93. The van der Waals surface area contributed by atoms with E-state index in [0.29, 0.717) is 9.54 Å². The van der Waals surface area contributed by atoms with Crippen LogP contribution in [0.2, 0.25) is 0 Å². The average Bonchev–Trinajstić information content (AvgIpc) is 3.77. The van der Waals surface area contributed by atoms with Crippen LogP contribution in [-0.2, 0) is 32.1 Å². The summed E-state index contributed by atoms with van der Waals surface area (Å²) in [7, 11) is 0. The molecule has 1 heterocycles. The third-order valence-corrected chi connectivity index (χ3v) is 19.4. The summed E-state index contributed by atoms with van der Waals surface area (Å²) in [6.45, 7) is 16.5. The summed E-state index contributed by atoms with van der Waals surface area (Å²) < 4.78 is 3.69. The molecular formula is C44H44Cl2SZr. The fourth-order valence-electron chi connectivity index (χ4n) is 7.35. The van der Waals surface area contributed by atoms with Gasteiger partial charge in [-0.3, -0.25) is 0 Å². The number of halogens is 2. The van der Waals surface area contributed by atoms with Gasteiger partial charge in [0.2, 0.25) is 0 Å². The minimum Gasteiger partial charge on any atom is -1.00 e. The number of rotatable bonds is 5. The molecule has 5 aromatic rings. The van der Waals surface area contributed by atoms with E-state index in [0.717, 1.165) is 0 Å². The molecule has 0 aliphatic heterocycles. The Morgan fingerprint density at radius 2 is 1.15 bits per heavy atom. The van der Waals surface area contributed by atoms with Crippen molar-refractivity contribution in [1.82, 2.24) is 0 Å². The molecule has 0 nitrogen and oxygen atoms in total. The van der Waals surface area contributed by atoms with Crippen LogP contribution in [0.15, 0.2) is 129 Å². The van der Waals surface area contributed by atoms with Crippen molar-refractivity contribution < 1.29 is 46.1 Å². The van der Waals surface area contributed by atoms with Crippen molar-refractivity contribution in [3.63, 3.8) is 0 Å². The fraction of sp³-hybridized carbons (Fsp3) is 0.250. The monoisotopic (exact) mass is 764 g/mol. The molecule has 0 amide bonds. The van der Waals surface area contributed by atoms with Crippen molar-refractivity contribution in [2.24, 2.45) is 5.92 Å². The van der Waals surface area contributed by atoms with E-state index in [1.54, 1.807) is 17.8 Å². The van der Waals surface area contributed by atoms with Gasteiger partial charge in [-0.15, -0.1) is 0 Å². The second-order valence-electron chi connectivity index (χ2n) is 15.0. The van der Waals surface area contributed by atoms with Crippen molar-refractivity contribution in [3.8, 4) is 11.1 Å². The summed E-state index contributed by atoms with van der Waals surface area (Å²) in [5.41, 5.74) is 14.6. The minimum atomic E-state index is -2.91. The normalized spacial score (nSPS) is 15.2. The van der Waals surface area contributed by atoms with E-state index >= 15 is 0 Å². The van der Waals surface area contributed by atoms with Gasteiger partial charge in [0, 0.05) is 0 Å². The predicted molar refractivity (Wildman–Crippen MR) is 197 cm³/mol. The molecule has 1 atom stereocenters. The Bertz CT molecular complexity index is 1900. The molecule has 1 aromatic heterocycles. The number of hydrogen-bond donors (Lipinski definition) is 0. The summed E-state index contributed by atoms with van der Waals surface area (Å²) in [4.78, 5) is 0. The molecule has 0 spiro atoms. The topological polar surface area (TPSA) is 0 Å². The van der Waals surface area contributed by atoms with Gasteiger partial charge in [-0.05, 0) is 0 Å². The maximum Gasteiger partial charge on any atom is -1.00 e. The van der Waals surface area contributed by atoms with Crippen molar-refractivity contribution in [1.29, 1.82) is 0 Å². The molecule has 0 bridgehead atoms. The fourth-order valence-corrected chi connectivity index (χ4v) is 18.0. The molecule has 4 aromatic carbocycles. The van der Waals surface area contributed by atoms with Crippen LogP contribution in [-0.4, -0.2) is 3.21 Å². The van der Waals surface area contributed by atoms with E-state index in [4.69, 9.17) is 0 Å². The summed E-state index contributed by atoms with van der Waals surface area (Å²) in [6.07, 6.45) is 4.91. The number of hydrogen-bond acceptors (Lipinski definition) is 1. The zero-order valence-corrected chi connectivity index (χ0v) is 33.7. The molecule has 1 unspecified atom stereocenters. The zero-order chi connectivity index (χ0) is 32.2. The molecular weight excluding hydrogens is 723 g/mol. The molecule has 0 saturated heterocycles. The van der Waals surface area contributed by atoms with Crippen molar-refractivity contribution in [2.45, 2.75) is 62.9 Å². The van der Waals surface area contributed by atoms with Gasteiger partial charge in [-0.1, -0.05) is 0 Å². The van der Waals surface area contributed by atoms with Gasteiger partial charge in [0.15, 0.2) is 0 Å². The quantitative estimate of drug-likeness (QED) is 0.209. The van der Waals surface area contributed by atoms with Crippen LogP contribution in [0.25, 0.3) is 16.7 Å². The molecule has 2 aliphatic rings. The van der Waals surface area contributed by atoms with Gasteiger partial charge in [0.1, 0.15) is 0 Å². The molecule has 7 rings (SSSR count). The SMILES string of the molecule is CC1C=CC(c2ccsc2)=[C]1[Zr+2](=[C](c1ccccc1)c1ccccc1)[CH]1c2ccc(C(C)(C)C)cc2-c2cc(C(C)(C)C)ccc21.[Cl-].[Cl-]. The van der Waals surface area contributed by atoms with E-state index in [1.165, 1.54) is 55.6 Å². The van der Waals surface area contributed by atoms with Crippen molar-refractivity contribution in [2.75, 3.05) is 0 Å². The van der Waals surface area contributed by atoms with Crippen molar-refractivity contribution in [3.05, 3.63) is 168 Å². The van der Waals surface area contributed by atoms with Gasteiger partial charge in [0.05, 0.1) is 0 Å². The number of benzene rings is 4. The van der Waals surface area contributed by atoms with E-state index in [9.17, 15) is 0 Å². The molecule has 48 heavy (non-hydrogen) atoms. The van der Waals surface area contributed by atoms with E-state index in [2.05, 4.69) is 175 Å². The Hall–Kier alpha value is -2.61. The number of thiophene rings is 1. The number of allylic oxidation sites excluding steroid dienone is 4. The molecule has 2 aliphatic carbocycles. The molecule has 0 fully saturated rings. The zero-order valence-electron chi connectivity index (χ0n) is 28.9. The van der Waals surface area contributed by atoms with E-state index in [-0.39, 0.29) is 35.6 Å². The molecule has 4 heteroatoms. The Labute approximate surface area is 312 Å². The van der Waals surface area contributed by atoms with Crippen LogP contribution in [0.5, 0.6) is 0 Å². The smallest absolute Gasteiger partial charge is 1.00 e. The second kappa shape index (κ2) is 14.3. The maximum absolute atomic E-state index is 2.91. The molecule has 0 saturated carbocycles. The van der Waals surface area contributed by atoms with Crippen LogP contribution in [0.4, 0.5) is 0 Å². The molecule has 0 N–H and O–H groups in total. The van der Waals surface area contributed by atoms with Gasteiger partial charge < -0.3 is 24.8 Å². The average molecular weight is 767 g/mol. The van der Waals surface area contributed by atoms with Gasteiger partial charge in [-0.2, -0.15) is 0 Å². The Morgan fingerprint density at radius 1 is 0.646 bits per heavy atom. The van der Waals surface area contributed by atoms with Crippen LogP contribution >= 0.6 is 11.3 Å². The van der Waals surface area contributed by atoms with Crippen LogP contribution in [0, 0.1) is 5.92 Å². The maximum atomic E-state index is 2.54. The van der Waals surface area contributed by atoms with Crippen molar-refractivity contribution >= 4 is 20.1 Å². The summed E-state index contributed by atoms with van der Waals surface area (Å²) >= 11 is -1.11. The first-order valence-corrected chi connectivity index (χ1v) is 21.4. The first kappa shape index (κ1) is 36.7. The first-order chi connectivity index (χ1) is 22.0.